The molecule has 1 amide bonds. The number of rotatable bonds is 6. The van der Waals surface area contributed by atoms with Crippen molar-refractivity contribution < 1.29 is 13.2 Å². The van der Waals surface area contributed by atoms with Crippen molar-refractivity contribution in [3.8, 4) is 0 Å². The maximum atomic E-state index is 12.7. The van der Waals surface area contributed by atoms with Crippen LogP contribution in [-0.4, -0.2) is 29.9 Å². The van der Waals surface area contributed by atoms with Gasteiger partial charge in [-0.05, 0) is 44.0 Å². The van der Waals surface area contributed by atoms with E-state index in [9.17, 15) is 13.2 Å². The van der Waals surface area contributed by atoms with Crippen molar-refractivity contribution in [2.24, 2.45) is 7.05 Å². The van der Waals surface area contributed by atoms with Gasteiger partial charge in [0.1, 0.15) is 4.83 Å². The molecular formula is C18H22N4O3S2. The first kappa shape index (κ1) is 19.4. The van der Waals surface area contributed by atoms with Crippen molar-refractivity contribution in [3.63, 3.8) is 0 Å². The van der Waals surface area contributed by atoms with Gasteiger partial charge in [0.2, 0.25) is 10.0 Å². The summed E-state index contributed by atoms with van der Waals surface area (Å²) in [4.78, 5) is 14.2. The fourth-order valence-electron chi connectivity index (χ4n) is 2.87. The second-order valence-electron chi connectivity index (χ2n) is 6.39. The molecule has 0 atom stereocenters. The molecule has 2 N–H and O–H groups in total. The number of hydrogen-bond acceptors (Lipinski definition) is 5. The highest BCUT2D eigenvalue weighted by Crippen LogP contribution is 2.29. The minimum atomic E-state index is -3.39. The predicted octanol–water partition coefficient (Wildman–Crippen LogP) is 3.66. The van der Waals surface area contributed by atoms with Crippen LogP contribution in [0.15, 0.2) is 24.3 Å². The van der Waals surface area contributed by atoms with E-state index in [1.54, 1.807) is 29.8 Å². The highest BCUT2D eigenvalue weighted by atomic mass is 32.2. The Bertz CT molecular complexity index is 1080. The Balaban J connectivity index is 1.85. The van der Waals surface area contributed by atoms with Gasteiger partial charge in [-0.1, -0.05) is 13.0 Å². The number of amides is 1. The number of nitrogens with one attached hydrogen (secondary N) is 2. The maximum Gasteiger partial charge on any atom is 0.265 e. The fraction of sp³-hybridized carbons (Fsp3) is 0.333. The molecule has 1 aromatic carbocycles. The Morgan fingerprint density at radius 1 is 1.26 bits per heavy atom. The molecular weight excluding hydrogens is 384 g/mol. The minimum Gasteiger partial charge on any atom is -0.321 e. The van der Waals surface area contributed by atoms with Crippen LogP contribution in [0.25, 0.3) is 10.2 Å². The van der Waals surface area contributed by atoms with Crippen molar-refractivity contribution in [1.29, 1.82) is 0 Å². The Labute approximate surface area is 162 Å². The predicted molar refractivity (Wildman–Crippen MR) is 110 cm³/mol. The molecule has 0 spiro atoms. The molecule has 3 rings (SSSR count). The zero-order chi connectivity index (χ0) is 19.8. The van der Waals surface area contributed by atoms with Crippen LogP contribution in [0.3, 0.4) is 0 Å². The minimum absolute atomic E-state index is 0.0538. The zero-order valence-corrected chi connectivity index (χ0v) is 17.3. The standard InChI is InChI=1S/C18H22N4O3S2/c1-5-9-27(24,25)21-15-8-6-7-14(11(15)2)19-17(23)16-10-13-12(3)20-22(4)18(13)26-16/h6-8,10,21H,5,9H2,1-4H3,(H,19,23). The molecule has 0 aliphatic heterocycles. The van der Waals surface area contributed by atoms with Crippen molar-refractivity contribution in [3.05, 3.63) is 40.4 Å². The Morgan fingerprint density at radius 2 is 1.96 bits per heavy atom. The number of thiophene rings is 1. The van der Waals surface area contributed by atoms with Crippen LogP contribution >= 0.6 is 11.3 Å². The molecule has 0 aliphatic carbocycles. The second-order valence-corrected chi connectivity index (χ2v) is 9.26. The highest BCUT2D eigenvalue weighted by molar-refractivity contribution is 7.92. The second kappa shape index (κ2) is 7.32. The largest absolute Gasteiger partial charge is 0.321 e. The molecule has 9 heteroatoms. The molecule has 0 saturated heterocycles. The van der Waals surface area contributed by atoms with E-state index < -0.39 is 10.0 Å². The van der Waals surface area contributed by atoms with E-state index in [0.717, 1.165) is 15.9 Å². The van der Waals surface area contributed by atoms with Gasteiger partial charge in [0.15, 0.2) is 0 Å². The normalized spacial score (nSPS) is 11.7. The monoisotopic (exact) mass is 406 g/mol. The molecule has 144 valence electrons. The average molecular weight is 407 g/mol. The van der Waals surface area contributed by atoms with E-state index in [4.69, 9.17) is 0 Å². The van der Waals surface area contributed by atoms with Gasteiger partial charge in [0.25, 0.3) is 5.91 Å². The van der Waals surface area contributed by atoms with E-state index in [1.807, 2.05) is 27.0 Å². The highest BCUT2D eigenvalue weighted by Gasteiger charge is 2.17. The molecule has 7 nitrogen and oxygen atoms in total. The molecule has 2 heterocycles. The summed E-state index contributed by atoms with van der Waals surface area (Å²) >= 11 is 1.38. The number of nitrogens with zero attached hydrogens (tertiary/aromatic N) is 2. The average Bonchev–Trinajstić information content (AvgIpc) is 3.13. The van der Waals surface area contributed by atoms with Crippen molar-refractivity contribution in [2.45, 2.75) is 27.2 Å². The summed E-state index contributed by atoms with van der Waals surface area (Å²) in [6, 6.07) is 6.99. The molecule has 0 radical (unpaired) electrons. The molecule has 0 saturated carbocycles. The van der Waals surface area contributed by atoms with Gasteiger partial charge in [-0.3, -0.25) is 14.2 Å². The van der Waals surface area contributed by atoms with E-state index >= 15 is 0 Å². The molecule has 2 aromatic heterocycles. The van der Waals surface area contributed by atoms with E-state index in [-0.39, 0.29) is 11.7 Å². The number of carbonyl (C=O) groups is 1. The smallest absolute Gasteiger partial charge is 0.265 e. The number of hydrogen-bond donors (Lipinski definition) is 2. The lowest BCUT2D eigenvalue weighted by Gasteiger charge is -2.14. The van der Waals surface area contributed by atoms with Crippen LogP contribution in [0.2, 0.25) is 0 Å². The van der Waals surface area contributed by atoms with Crippen LogP contribution in [0, 0.1) is 13.8 Å². The molecule has 0 bridgehead atoms. The quantitative estimate of drug-likeness (QED) is 0.653. The van der Waals surface area contributed by atoms with Crippen molar-refractivity contribution >= 4 is 48.9 Å². The first-order valence-electron chi connectivity index (χ1n) is 8.56. The van der Waals surface area contributed by atoms with Crippen LogP contribution in [0.5, 0.6) is 0 Å². The number of fused-ring (bicyclic) bond motifs is 1. The van der Waals surface area contributed by atoms with Crippen molar-refractivity contribution in [2.75, 3.05) is 15.8 Å². The SMILES string of the molecule is CCCS(=O)(=O)Nc1cccc(NC(=O)c2cc3c(C)nn(C)c3s2)c1C. The van der Waals surface area contributed by atoms with Gasteiger partial charge in [0.05, 0.1) is 22.0 Å². The Kier molecular flexibility index (Phi) is 5.25. The summed E-state index contributed by atoms with van der Waals surface area (Å²) in [5.74, 6) is -0.176. The summed E-state index contributed by atoms with van der Waals surface area (Å²) in [6.07, 6.45) is 0.533. The summed E-state index contributed by atoms with van der Waals surface area (Å²) in [5.41, 5.74) is 2.59. The molecule has 3 aromatic rings. The third kappa shape index (κ3) is 3.98. The lowest BCUT2D eigenvalue weighted by molar-refractivity contribution is 0.103. The lowest BCUT2D eigenvalue weighted by Crippen LogP contribution is -2.18. The van der Waals surface area contributed by atoms with Gasteiger partial charge in [-0.2, -0.15) is 5.10 Å². The maximum absolute atomic E-state index is 12.7. The van der Waals surface area contributed by atoms with Crippen LogP contribution in [-0.2, 0) is 17.1 Å². The Morgan fingerprint density at radius 3 is 2.63 bits per heavy atom. The van der Waals surface area contributed by atoms with Crippen LogP contribution < -0.4 is 10.0 Å². The molecule has 0 aliphatic rings. The first-order valence-corrected chi connectivity index (χ1v) is 11.0. The zero-order valence-electron chi connectivity index (χ0n) is 15.7. The van der Waals surface area contributed by atoms with E-state index in [2.05, 4.69) is 15.1 Å². The van der Waals surface area contributed by atoms with Gasteiger partial charge < -0.3 is 5.32 Å². The number of anilines is 2. The number of carbonyl (C=O) groups excluding carboxylic acids is 1. The summed E-state index contributed by atoms with van der Waals surface area (Å²) in [7, 11) is -1.54. The van der Waals surface area contributed by atoms with E-state index in [1.165, 1.54) is 11.3 Å². The summed E-state index contributed by atoms with van der Waals surface area (Å²) < 4.78 is 28.4. The Hall–Kier alpha value is -2.39. The number of aryl methyl sites for hydroxylation is 2. The molecule has 27 heavy (non-hydrogen) atoms. The first-order chi connectivity index (χ1) is 12.7. The summed E-state index contributed by atoms with van der Waals surface area (Å²) in [6.45, 7) is 5.50. The molecule has 0 unspecified atom stereocenters. The summed E-state index contributed by atoms with van der Waals surface area (Å²) in [5, 5.41) is 8.18. The van der Waals surface area contributed by atoms with Gasteiger partial charge in [-0.15, -0.1) is 11.3 Å². The third-order valence-corrected chi connectivity index (χ3v) is 6.92. The fourth-order valence-corrected chi connectivity index (χ4v) is 5.08. The van der Waals surface area contributed by atoms with Crippen LogP contribution in [0.4, 0.5) is 11.4 Å². The van der Waals surface area contributed by atoms with Gasteiger partial charge in [0, 0.05) is 18.1 Å². The number of benzene rings is 1. The van der Waals surface area contributed by atoms with Crippen molar-refractivity contribution in [1.82, 2.24) is 9.78 Å². The number of aromatic nitrogens is 2. The topological polar surface area (TPSA) is 93.1 Å². The van der Waals surface area contributed by atoms with Crippen LogP contribution in [0.1, 0.15) is 34.3 Å². The van der Waals surface area contributed by atoms with Gasteiger partial charge >= 0.3 is 0 Å². The van der Waals surface area contributed by atoms with Gasteiger partial charge in [-0.25, -0.2) is 8.42 Å². The molecule has 0 fully saturated rings. The lowest BCUT2D eigenvalue weighted by atomic mass is 10.1. The van der Waals surface area contributed by atoms with E-state index in [0.29, 0.717) is 28.2 Å². The third-order valence-electron chi connectivity index (χ3n) is 4.24. The number of sulfonamides is 1.